The second-order valence-corrected chi connectivity index (χ2v) is 12.1. The first kappa shape index (κ1) is 30.1. The van der Waals surface area contributed by atoms with Crippen LogP contribution in [0.4, 0.5) is 0 Å². The molecule has 2 atom stereocenters. The van der Waals surface area contributed by atoms with Crippen molar-refractivity contribution in [1.29, 1.82) is 0 Å². The van der Waals surface area contributed by atoms with Gasteiger partial charge in [-0.05, 0) is 38.5 Å². The number of likely N-dealkylation sites (N-methyl/N-ethyl adjacent to an activating group) is 1. The van der Waals surface area contributed by atoms with Gasteiger partial charge in [-0.25, -0.2) is 4.57 Å². The highest BCUT2D eigenvalue weighted by atomic mass is 31.2. The van der Waals surface area contributed by atoms with Crippen molar-refractivity contribution in [2.45, 2.75) is 123 Å². The predicted molar refractivity (Wildman–Crippen MR) is 133 cm³/mol. The Morgan fingerprint density at radius 2 is 1.44 bits per heavy atom. The lowest BCUT2D eigenvalue weighted by Crippen LogP contribution is -2.37. The molecule has 2 unspecified atom stereocenters. The van der Waals surface area contributed by atoms with Gasteiger partial charge < -0.3 is 14.1 Å². The molecule has 0 spiro atoms. The van der Waals surface area contributed by atoms with E-state index in [1.54, 1.807) is 6.92 Å². The maximum Gasteiger partial charge on any atom is 0.474 e. The van der Waals surface area contributed by atoms with E-state index in [2.05, 4.69) is 6.92 Å². The van der Waals surface area contributed by atoms with E-state index in [1.165, 1.54) is 83.5 Å². The van der Waals surface area contributed by atoms with E-state index >= 15 is 0 Å². The monoisotopic (exact) mass is 478 g/mol. The SMILES string of the molecule is CCCCCCCCCCCCC1CCC(OC(C)OP(=O)(O)OCC[N+](C)(C)C)CC1. The summed E-state index contributed by atoms with van der Waals surface area (Å²) in [5, 5.41) is 0. The van der Waals surface area contributed by atoms with Crippen LogP contribution in [0.2, 0.25) is 0 Å². The van der Waals surface area contributed by atoms with Crippen LogP contribution in [0.25, 0.3) is 0 Å². The van der Waals surface area contributed by atoms with Crippen molar-refractivity contribution < 1.29 is 27.7 Å². The second-order valence-electron chi connectivity index (χ2n) is 10.7. The zero-order chi connectivity index (χ0) is 23.9. The number of hydrogen-bond acceptors (Lipinski definition) is 4. The molecule has 0 aliphatic heterocycles. The fourth-order valence-electron chi connectivity index (χ4n) is 4.42. The Kier molecular flexibility index (Phi) is 15.6. The average molecular weight is 479 g/mol. The Bertz CT molecular complexity index is 503. The summed E-state index contributed by atoms with van der Waals surface area (Å²) in [5.74, 6) is 0.808. The second kappa shape index (κ2) is 16.6. The average Bonchev–Trinajstić information content (AvgIpc) is 2.69. The van der Waals surface area contributed by atoms with Crippen molar-refractivity contribution in [2.24, 2.45) is 5.92 Å². The van der Waals surface area contributed by atoms with Crippen LogP contribution in [0, 0.1) is 5.92 Å². The van der Waals surface area contributed by atoms with Crippen molar-refractivity contribution in [3.8, 4) is 0 Å². The Labute approximate surface area is 198 Å². The summed E-state index contributed by atoms with van der Waals surface area (Å²) in [6, 6.07) is 0. The lowest BCUT2D eigenvalue weighted by molar-refractivity contribution is -0.870. The number of hydrogen-bond donors (Lipinski definition) is 1. The molecule has 6 nitrogen and oxygen atoms in total. The topological polar surface area (TPSA) is 65.0 Å². The molecule has 7 heteroatoms. The molecule has 1 rings (SSSR count). The number of ether oxygens (including phenoxy) is 1. The molecular weight excluding hydrogens is 425 g/mol. The van der Waals surface area contributed by atoms with Crippen LogP contribution in [0.5, 0.6) is 0 Å². The van der Waals surface area contributed by atoms with Crippen LogP contribution in [0.15, 0.2) is 0 Å². The molecule has 1 aliphatic rings. The number of rotatable bonds is 19. The molecule has 1 saturated carbocycles. The van der Waals surface area contributed by atoms with Crippen molar-refractivity contribution in [1.82, 2.24) is 0 Å². The number of unbranched alkanes of at least 4 members (excludes halogenated alkanes) is 9. The summed E-state index contributed by atoms with van der Waals surface area (Å²) in [4.78, 5) is 9.90. The highest BCUT2D eigenvalue weighted by molar-refractivity contribution is 7.47. The Hall–Kier alpha value is 0.0300. The summed E-state index contributed by atoms with van der Waals surface area (Å²) < 4.78 is 28.9. The Morgan fingerprint density at radius 1 is 0.906 bits per heavy atom. The van der Waals surface area contributed by atoms with Gasteiger partial charge in [0.25, 0.3) is 0 Å². The smallest absolute Gasteiger partial charge is 0.349 e. The quantitative estimate of drug-likeness (QED) is 0.0932. The van der Waals surface area contributed by atoms with Crippen molar-refractivity contribution in [3.05, 3.63) is 0 Å². The molecule has 192 valence electrons. The van der Waals surface area contributed by atoms with Gasteiger partial charge in [0.2, 0.25) is 0 Å². The van der Waals surface area contributed by atoms with E-state index in [4.69, 9.17) is 13.8 Å². The third kappa shape index (κ3) is 16.6. The molecule has 0 aromatic carbocycles. The van der Waals surface area contributed by atoms with Gasteiger partial charge in [-0.1, -0.05) is 77.6 Å². The maximum atomic E-state index is 12.1. The van der Waals surface area contributed by atoms with E-state index in [1.807, 2.05) is 21.1 Å². The van der Waals surface area contributed by atoms with Gasteiger partial charge in [-0.3, -0.25) is 9.05 Å². The first-order chi connectivity index (χ1) is 15.1. The van der Waals surface area contributed by atoms with Crippen molar-refractivity contribution in [3.63, 3.8) is 0 Å². The standard InChI is InChI=1S/C25H52NO5P/c1-6-7-8-9-10-11-12-13-14-15-16-24-17-19-25(20-18-24)30-23(2)31-32(27,28)29-22-21-26(3,4)5/h23-25H,6-22H2,1-5H3/p+1. The van der Waals surface area contributed by atoms with E-state index in [-0.39, 0.29) is 12.7 Å². The zero-order valence-corrected chi connectivity index (χ0v) is 22.6. The van der Waals surface area contributed by atoms with Crippen LogP contribution in [0.3, 0.4) is 0 Å². The van der Waals surface area contributed by atoms with Crippen LogP contribution in [-0.4, -0.2) is 56.1 Å². The van der Waals surface area contributed by atoms with E-state index in [0.717, 1.165) is 18.8 Å². The van der Waals surface area contributed by atoms with Gasteiger partial charge in [0, 0.05) is 0 Å². The van der Waals surface area contributed by atoms with E-state index < -0.39 is 14.1 Å². The van der Waals surface area contributed by atoms with E-state index in [0.29, 0.717) is 11.0 Å². The molecule has 0 heterocycles. The summed E-state index contributed by atoms with van der Waals surface area (Å²) >= 11 is 0. The summed E-state index contributed by atoms with van der Waals surface area (Å²) in [5.41, 5.74) is 0. The zero-order valence-electron chi connectivity index (χ0n) is 21.7. The Morgan fingerprint density at radius 3 is 1.97 bits per heavy atom. The molecule has 1 fully saturated rings. The minimum Gasteiger partial charge on any atom is -0.349 e. The van der Waals surface area contributed by atoms with Gasteiger partial charge in [-0.2, -0.15) is 0 Å². The maximum absolute atomic E-state index is 12.1. The molecular formula is C25H53NO5P+. The van der Waals surface area contributed by atoms with Crippen LogP contribution < -0.4 is 0 Å². The molecule has 0 aromatic heterocycles. The summed E-state index contributed by atoms with van der Waals surface area (Å²) in [7, 11) is 1.93. The molecule has 0 amide bonds. The van der Waals surface area contributed by atoms with Gasteiger partial charge in [-0.15, -0.1) is 0 Å². The fraction of sp³-hybridized carbons (Fsp3) is 1.00. The minimum absolute atomic E-state index is 0.111. The molecule has 0 saturated heterocycles. The third-order valence-electron chi connectivity index (χ3n) is 6.44. The largest absolute Gasteiger partial charge is 0.474 e. The third-order valence-corrected chi connectivity index (χ3v) is 7.51. The van der Waals surface area contributed by atoms with Gasteiger partial charge in [0.15, 0.2) is 6.29 Å². The lowest BCUT2D eigenvalue weighted by Gasteiger charge is -2.31. The Balaban J connectivity index is 2.05. The van der Waals surface area contributed by atoms with Crippen LogP contribution >= 0.6 is 7.82 Å². The molecule has 0 aromatic rings. The van der Waals surface area contributed by atoms with Crippen molar-refractivity contribution >= 4 is 7.82 Å². The minimum atomic E-state index is -4.08. The molecule has 0 bridgehead atoms. The summed E-state index contributed by atoms with van der Waals surface area (Å²) in [6.07, 6.45) is 19.0. The number of phosphoric acid groups is 1. The number of quaternary nitrogens is 1. The first-order valence-electron chi connectivity index (χ1n) is 13.2. The fourth-order valence-corrected chi connectivity index (χ4v) is 5.22. The van der Waals surface area contributed by atoms with Gasteiger partial charge in [0.05, 0.1) is 27.2 Å². The highest BCUT2D eigenvalue weighted by Gasteiger charge is 2.29. The normalized spacial score (nSPS) is 22.6. The first-order valence-corrected chi connectivity index (χ1v) is 14.7. The predicted octanol–water partition coefficient (Wildman–Crippen LogP) is 7.06. The number of phosphoric ester groups is 1. The number of nitrogens with zero attached hydrogens (tertiary/aromatic N) is 1. The molecule has 1 aliphatic carbocycles. The van der Waals surface area contributed by atoms with Gasteiger partial charge >= 0.3 is 7.82 Å². The van der Waals surface area contributed by atoms with Crippen LogP contribution in [0.1, 0.15) is 110 Å². The molecule has 1 N–H and O–H groups in total. The van der Waals surface area contributed by atoms with Crippen molar-refractivity contribution in [2.75, 3.05) is 34.3 Å². The highest BCUT2D eigenvalue weighted by Crippen LogP contribution is 2.45. The van der Waals surface area contributed by atoms with E-state index in [9.17, 15) is 9.46 Å². The lowest BCUT2D eigenvalue weighted by atomic mass is 9.84. The van der Waals surface area contributed by atoms with Crippen LogP contribution in [-0.2, 0) is 18.3 Å². The summed E-state index contributed by atoms with van der Waals surface area (Å²) in [6.45, 7) is 4.76. The van der Waals surface area contributed by atoms with Gasteiger partial charge in [0.1, 0.15) is 13.2 Å². The molecule has 0 radical (unpaired) electrons. The molecule has 32 heavy (non-hydrogen) atoms.